The number of halogens is 1. The largest absolute Gasteiger partial charge is 0.305 e. The van der Waals surface area contributed by atoms with Gasteiger partial charge in [0.2, 0.25) is 0 Å². The molecule has 148 valence electrons. The highest BCUT2D eigenvalue weighted by Crippen LogP contribution is 2.30. The third-order valence-electron chi connectivity index (χ3n) is 4.56. The van der Waals surface area contributed by atoms with Gasteiger partial charge in [-0.15, -0.1) is 12.4 Å². The summed E-state index contributed by atoms with van der Waals surface area (Å²) in [6.45, 7) is 1.64. The Morgan fingerprint density at radius 3 is 2.46 bits per heavy atom. The van der Waals surface area contributed by atoms with Crippen molar-refractivity contribution < 1.29 is 9.85 Å². The van der Waals surface area contributed by atoms with Gasteiger partial charge in [0.1, 0.15) is 5.69 Å². The number of nitro groups is 2. The highest BCUT2D eigenvalue weighted by Gasteiger charge is 2.26. The van der Waals surface area contributed by atoms with Crippen LogP contribution >= 0.6 is 12.4 Å². The zero-order valence-corrected chi connectivity index (χ0v) is 16.0. The van der Waals surface area contributed by atoms with E-state index >= 15 is 0 Å². The summed E-state index contributed by atoms with van der Waals surface area (Å²) in [5, 5.41) is 26.5. The van der Waals surface area contributed by atoms with Crippen LogP contribution in [-0.2, 0) is 0 Å². The lowest BCUT2D eigenvalue weighted by Gasteiger charge is -2.31. The summed E-state index contributed by atoms with van der Waals surface area (Å²) in [7, 11) is 2.04. The monoisotopic (exact) mass is 405 g/mol. The molecule has 1 saturated heterocycles. The molecule has 10 heteroatoms. The number of rotatable bonds is 5. The smallest absolute Gasteiger partial charge is 0.301 e. The van der Waals surface area contributed by atoms with Crippen molar-refractivity contribution in [3.63, 3.8) is 0 Å². The molecule has 1 unspecified atom stereocenters. The number of likely N-dealkylation sites (N-methyl/N-ethyl adjacent to an activating group) is 1. The second-order valence-corrected chi connectivity index (χ2v) is 6.41. The number of nitrogens with one attached hydrogen (secondary N) is 1. The van der Waals surface area contributed by atoms with Crippen molar-refractivity contribution in [2.45, 2.75) is 12.3 Å². The molecule has 1 aliphatic heterocycles. The van der Waals surface area contributed by atoms with Crippen molar-refractivity contribution in [2.75, 3.05) is 25.6 Å². The van der Waals surface area contributed by atoms with Crippen LogP contribution in [0.5, 0.6) is 0 Å². The first kappa shape index (κ1) is 21.3. The fourth-order valence-electron chi connectivity index (χ4n) is 3.12. The predicted molar refractivity (Wildman–Crippen MR) is 109 cm³/mol. The molecule has 0 radical (unpaired) electrons. The fraction of sp³-hybridized carbons (Fsp3) is 0.278. The van der Waals surface area contributed by atoms with Crippen LogP contribution in [0.25, 0.3) is 0 Å². The maximum absolute atomic E-state index is 11.3. The zero-order chi connectivity index (χ0) is 19.4. The Kier molecular flexibility index (Phi) is 7.02. The minimum atomic E-state index is -0.662. The SMILES string of the molecule is CN1CC/C(=N\Nc2ccc([N+](=O)[O-])cc2[N+](=O)[O-])C(c2ccccc2)C1.Cl. The summed E-state index contributed by atoms with van der Waals surface area (Å²) in [6.07, 6.45) is 0.726. The number of hydrogen-bond acceptors (Lipinski definition) is 7. The Hall–Kier alpha value is -3.04. The van der Waals surface area contributed by atoms with Gasteiger partial charge in [-0.25, -0.2) is 0 Å². The lowest BCUT2D eigenvalue weighted by Crippen LogP contribution is -2.37. The summed E-state index contributed by atoms with van der Waals surface area (Å²) in [4.78, 5) is 23.0. The van der Waals surface area contributed by atoms with E-state index in [1.807, 2.05) is 37.4 Å². The Bertz CT molecular complexity index is 891. The van der Waals surface area contributed by atoms with Crippen molar-refractivity contribution in [3.05, 3.63) is 74.3 Å². The summed E-state index contributed by atoms with van der Waals surface area (Å²) < 4.78 is 0. The minimum absolute atomic E-state index is 0. The third kappa shape index (κ3) is 4.81. The molecule has 3 rings (SSSR count). The molecule has 0 saturated carbocycles. The van der Waals surface area contributed by atoms with Gasteiger partial charge < -0.3 is 4.90 Å². The molecule has 1 N–H and O–H groups in total. The lowest BCUT2D eigenvalue weighted by molar-refractivity contribution is -0.393. The molecule has 0 bridgehead atoms. The highest BCUT2D eigenvalue weighted by molar-refractivity contribution is 5.92. The molecule has 9 nitrogen and oxygen atoms in total. The van der Waals surface area contributed by atoms with Gasteiger partial charge in [-0.2, -0.15) is 5.10 Å². The number of benzene rings is 2. The van der Waals surface area contributed by atoms with Gasteiger partial charge in [-0.05, 0) is 18.7 Å². The van der Waals surface area contributed by atoms with Gasteiger partial charge in [-0.3, -0.25) is 25.7 Å². The molecule has 0 spiro atoms. The van der Waals surface area contributed by atoms with Crippen molar-refractivity contribution >= 4 is 35.2 Å². The highest BCUT2D eigenvalue weighted by atomic mass is 35.5. The number of piperidine rings is 1. The second kappa shape index (κ2) is 9.25. The zero-order valence-electron chi connectivity index (χ0n) is 15.1. The summed E-state index contributed by atoms with van der Waals surface area (Å²) >= 11 is 0. The number of likely N-dealkylation sites (tertiary alicyclic amines) is 1. The average Bonchev–Trinajstić information content (AvgIpc) is 2.67. The van der Waals surface area contributed by atoms with Crippen LogP contribution in [0.4, 0.5) is 17.1 Å². The molecular weight excluding hydrogens is 386 g/mol. The van der Waals surface area contributed by atoms with Crippen molar-refractivity contribution in [2.24, 2.45) is 5.10 Å². The van der Waals surface area contributed by atoms with E-state index in [2.05, 4.69) is 15.4 Å². The van der Waals surface area contributed by atoms with E-state index in [4.69, 9.17) is 0 Å². The number of nitrogens with zero attached hydrogens (tertiary/aromatic N) is 4. The number of hydrazone groups is 1. The number of non-ortho nitro benzene ring substituents is 1. The quantitative estimate of drug-likeness (QED) is 0.597. The molecule has 1 heterocycles. The molecule has 2 aromatic carbocycles. The van der Waals surface area contributed by atoms with E-state index in [1.165, 1.54) is 12.1 Å². The van der Waals surface area contributed by atoms with Gasteiger partial charge in [0, 0.05) is 37.2 Å². The molecular formula is C18H20ClN5O4. The maximum atomic E-state index is 11.3. The predicted octanol–water partition coefficient (Wildman–Crippen LogP) is 3.81. The van der Waals surface area contributed by atoms with Crippen LogP contribution in [0.15, 0.2) is 53.6 Å². The van der Waals surface area contributed by atoms with E-state index < -0.39 is 9.85 Å². The first-order valence-electron chi connectivity index (χ1n) is 8.44. The third-order valence-corrected chi connectivity index (χ3v) is 4.56. The molecule has 0 amide bonds. The molecule has 1 aliphatic rings. The second-order valence-electron chi connectivity index (χ2n) is 6.41. The van der Waals surface area contributed by atoms with Crippen molar-refractivity contribution in [1.29, 1.82) is 0 Å². The topological polar surface area (TPSA) is 114 Å². The van der Waals surface area contributed by atoms with Crippen molar-refractivity contribution in [3.8, 4) is 0 Å². The Balaban J connectivity index is 0.00000280. The van der Waals surface area contributed by atoms with E-state index in [0.717, 1.165) is 36.9 Å². The Labute approximate surface area is 167 Å². The van der Waals surface area contributed by atoms with Gasteiger partial charge in [0.05, 0.1) is 15.9 Å². The molecule has 1 fully saturated rings. The normalized spacial score (nSPS) is 18.3. The van der Waals surface area contributed by atoms with Crippen LogP contribution < -0.4 is 5.43 Å². The Morgan fingerprint density at radius 1 is 1.11 bits per heavy atom. The number of anilines is 1. The maximum Gasteiger partial charge on any atom is 0.301 e. The minimum Gasteiger partial charge on any atom is -0.305 e. The van der Waals surface area contributed by atoms with Crippen LogP contribution in [-0.4, -0.2) is 40.6 Å². The first-order chi connectivity index (χ1) is 13.0. The van der Waals surface area contributed by atoms with Gasteiger partial charge in [0.25, 0.3) is 5.69 Å². The van der Waals surface area contributed by atoms with Crippen LogP contribution in [0.1, 0.15) is 17.9 Å². The first-order valence-corrected chi connectivity index (χ1v) is 8.44. The van der Waals surface area contributed by atoms with Crippen molar-refractivity contribution in [1.82, 2.24) is 4.90 Å². The Morgan fingerprint density at radius 2 is 1.82 bits per heavy atom. The molecule has 2 aromatic rings. The summed E-state index contributed by atoms with van der Waals surface area (Å²) in [5.41, 5.74) is 4.19. The van der Waals surface area contributed by atoms with Gasteiger partial charge in [0.15, 0.2) is 0 Å². The molecule has 1 atom stereocenters. The van der Waals surface area contributed by atoms with E-state index in [0.29, 0.717) is 0 Å². The molecule has 0 aromatic heterocycles. The van der Waals surface area contributed by atoms with Crippen LogP contribution in [0, 0.1) is 20.2 Å². The lowest BCUT2D eigenvalue weighted by atomic mass is 9.89. The number of nitro benzene ring substituents is 2. The van der Waals surface area contributed by atoms with Gasteiger partial charge >= 0.3 is 5.69 Å². The standard InChI is InChI=1S/C18H19N5O4.ClH/c1-21-10-9-16(15(12-21)13-5-3-2-4-6-13)19-20-17-8-7-14(22(24)25)11-18(17)23(26)27;/h2-8,11,15,20H,9-10,12H2,1H3;1H/b19-16+;. The average molecular weight is 406 g/mol. The van der Waals surface area contributed by atoms with Crippen LogP contribution in [0.2, 0.25) is 0 Å². The van der Waals surface area contributed by atoms with E-state index in [9.17, 15) is 20.2 Å². The molecule has 0 aliphatic carbocycles. The van der Waals surface area contributed by atoms with E-state index in [1.54, 1.807) is 0 Å². The summed E-state index contributed by atoms with van der Waals surface area (Å²) in [6, 6.07) is 13.4. The number of hydrogen-bond donors (Lipinski definition) is 1. The van der Waals surface area contributed by atoms with Crippen LogP contribution in [0.3, 0.4) is 0 Å². The van der Waals surface area contributed by atoms with E-state index in [-0.39, 0.29) is 35.4 Å². The summed E-state index contributed by atoms with van der Waals surface area (Å²) in [5.74, 6) is 0.0783. The molecule has 28 heavy (non-hydrogen) atoms. The fourth-order valence-corrected chi connectivity index (χ4v) is 3.12. The van der Waals surface area contributed by atoms with Gasteiger partial charge in [-0.1, -0.05) is 30.3 Å².